The van der Waals surface area contributed by atoms with E-state index in [0.717, 1.165) is 47.7 Å². The summed E-state index contributed by atoms with van der Waals surface area (Å²) < 4.78 is 40.2. The molecular weight excluding hydrogens is 483 g/mol. The van der Waals surface area contributed by atoms with Crippen LogP contribution >= 0.6 is 11.3 Å². The highest BCUT2D eigenvalue weighted by Gasteiger charge is 2.28. The first kappa shape index (κ1) is 26.1. The molecule has 34 heavy (non-hydrogen) atoms. The Morgan fingerprint density at radius 3 is 2.62 bits per heavy atom. The summed E-state index contributed by atoms with van der Waals surface area (Å²) in [4.78, 5) is 17.2. The van der Waals surface area contributed by atoms with Crippen molar-refractivity contribution in [1.29, 1.82) is 0 Å². The quantitative estimate of drug-likeness (QED) is 0.281. The number of nitrogens with one attached hydrogen (secondary N) is 1. The Kier molecular flexibility index (Phi) is 8.63. The molecule has 1 amide bonds. The Morgan fingerprint density at radius 2 is 1.97 bits per heavy atom. The molecule has 1 aliphatic rings. The predicted octanol–water partition coefficient (Wildman–Crippen LogP) is 3.61. The van der Waals surface area contributed by atoms with Crippen LogP contribution in [0.4, 0.5) is 14.2 Å². The van der Waals surface area contributed by atoms with Gasteiger partial charge in [-0.25, -0.2) is 17.6 Å². The molecule has 4 N–H and O–H groups in total. The number of carbonyl (C=O) groups excluding carboxylic acids is 1. The highest BCUT2D eigenvalue weighted by molar-refractivity contribution is 7.89. The predicted molar refractivity (Wildman–Crippen MR) is 129 cm³/mol. The van der Waals surface area contributed by atoms with Crippen LogP contribution in [-0.2, 0) is 14.9 Å². The number of amides is 1. The van der Waals surface area contributed by atoms with Gasteiger partial charge < -0.3 is 16.2 Å². The fourth-order valence-corrected chi connectivity index (χ4v) is 6.13. The molecule has 0 saturated heterocycles. The molecule has 1 saturated carbocycles. The summed E-state index contributed by atoms with van der Waals surface area (Å²) in [5.74, 6) is -0.456. The summed E-state index contributed by atoms with van der Waals surface area (Å²) in [5.41, 5.74) is 6.66. The number of halogens is 1. The van der Waals surface area contributed by atoms with Gasteiger partial charge in [-0.05, 0) is 43.5 Å². The molecule has 9 nitrogen and oxygen atoms in total. The number of oxime groups is 1. The van der Waals surface area contributed by atoms with Crippen LogP contribution in [0.2, 0.25) is 0 Å². The smallest absolute Gasteiger partial charge is 0.389 e. The van der Waals surface area contributed by atoms with Crippen LogP contribution in [0, 0.1) is 5.82 Å². The van der Waals surface area contributed by atoms with Gasteiger partial charge in [-0.1, -0.05) is 36.6 Å². The van der Waals surface area contributed by atoms with Crippen LogP contribution in [0.25, 0.3) is 0 Å². The molecule has 0 bridgehead atoms. The number of nitrogens with two attached hydrogens (primary N) is 1. The molecule has 1 fully saturated rings. The van der Waals surface area contributed by atoms with Gasteiger partial charge in [-0.3, -0.25) is 4.84 Å². The Bertz CT molecular complexity index is 1130. The molecule has 1 unspecified atom stereocenters. The largest absolute Gasteiger partial charge is 0.433 e. The van der Waals surface area contributed by atoms with E-state index >= 15 is 0 Å². The second-order valence-electron chi connectivity index (χ2n) is 8.23. The molecule has 1 atom stereocenters. The maximum Gasteiger partial charge on any atom is 0.433 e. The van der Waals surface area contributed by atoms with Gasteiger partial charge in [0.05, 0.1) is 16.7 Å². The van der Waals surface area contributed by atoms with Gasteiger partial charge in [0, 0.05) is 19.6 Å². The van der Waals surface area contributed by atoms with Crippen molar-refractivity contribution in [2.24, 2.45) is 5.16 Å². The van der Waals surface area contributed by atoms with Crippen LogP contribution in [0.15, 0.2) is 40.4 Å². The van der Waals surface area contributed by atoms with Crippen LogP contribution in [-0.4, -0.2) is 49.3 Å². The van der Waals surface area contributed by atoms with E-state index in [0.29, 0.717) is 16.2 Å². The zero-order valence-corrected chi connectivity index (χ0v) is 20.7. The van der Waals surface area contributed by atoms with Crippen molar-refractivity contribution in [3.63, 3.8) is 0 Å². The number of aliphatic hydroxyl groups excluding tert-OH is 1. The number of likely N-dealkylation sites (N-methyl/N-ethyl adjacent to an activating group) is 1. The van der Waals surface area contributed by atoms with Gasteiger partial charge in [0.2, 0.25) is 10.0 Å². The van der Waals surface area contributed by atoms with Gasteiger partial charge in [0.15, 0.2) is 0 Å². The summed E-state index contributed by atoms with van der Waals surface area (Å²) in [7, 11) is -2.72. The van der Waals surface area contributed by atoms with Crippen molar-refractivity contribution in [3.8, 4) is 0 Å². The standard InChI is InChI=1S/C22H29FN4O5S2/c1-14(26-32-22(29)25-17-6-4-3-5-7-17)19-12-20(21(24)33-19)34(30,31)27(2)13-18(28)15-8-10-16(23)11-9-15/h8-12,17-18,28H,3-7,13,24H2,1-2H3,(H,25,29). The first-order valence-corrected chi connectivity index (χ1v) is 13.1. The number of sulfonamides is 1. The van der Waals surface area contributed by atoms with Gasteiger partial charge in [-0.2, -0.15) is 4.31 Å². The summed E-state index contributed by atoms with van der Waals surface area (Å²) in [6, 6.07) is 6.60. The minimum absolute atomic E-state index is 0.0410. The second-order valence-corrected chi connectivity index (χ2v) is 11.3. The van der Waals surface area contributed by atoms with Crippen molar-refractivity contribution in [3.05, 3.63) is 46.6 Å². The van der Waals surface area contributed by atoms with Gasteiger partial charge in [0.1, 0.15) is 15.7 Å². The van der Waals surface area contributed by atoms with E-state index in [1.807, 2.05) is 0 Å². The van der Waals surface area contributed by atoms with E-state index in [2.05, 4.69) is 10.5 Å². The Balaban J connectivity index is 1.66. The third-order valence-electron chi connectivity index (χ3n) is 5.65. The van der Waals surface area contributed by atoms with Crippen molar-refractivity contribution >= 4 is 38.2 Å². The first-order valence-electron chi connectivity index (χ1n) is 10.9. The number of nitrogens with zero attached hydrogens (tertiary/aromatic N) is 2. The summed E-state index contributed by atoms with van der Waals surface area (Å²) >= 11 is 0.996. The summed E-state index contributed by atoms with van der Waals surface area (Å²) in [6.45, 7) is 1.33. The lowest BCUT2D eigenvalue weighted by Gasteiger charge is -2.21. The number of benzene rings is 1. The number of thiophene rings is 1. The number of nitrogen functional groups attached to an aromatic ring is 1. The molecule has 186 valence electrons. The normalized spacial score (nSPS) is 16.4. The van der Waals surface area contributed by atoms with Crippen molar-refractivity contribution in [2.45, 2.75) is 56.1 Å². The Hall–Kier alpha value is -2.54. The van der Waals surface area contributed by atoms with E-state index in [9.17, 15) is 22.7 Å². The van der Waals surface area contributed by atoms with E-state index in [-0.39, 0.29) is 22.5 Å². The van der Waals surface area contributed by atoms with E-state index in [1.54, 1.807) is 6.92 Å². The molecular formula is C22H29FN4O5S2. The number of hydrogen-bond donors (Lipinski definition) is 3. The molecule has 2 aromatic rings. The second kappa shape index (κ2) is 11.3. The monoisotopic (exact) mass is 512 g/mol. The van der Waals surface area contributed by atoms with Crippen molar-refractivity contribution in [2.75, 3.05) is 19.3 Å². The third-order valence-corrected chi connectivity index (χ3v) is 8.71. The lowest BCUT2D eigenvalue weighted by molar-refractivity contribution is 0.143. The first-order chi connectivity index (χ1) is 16.1. The molecule has 12 heteroatoms. The molecule has 0 spiro atoms. The Labute approximate surface area is 202 Å². The average molecular weight is 513 g/mol. The van der Waals surface area contributed by atoms with Crippen molar-refractivity contribution in [1.82, 2.24) is 9.62 Å². The summed E-state index contributed by atoms with van der Waals surface area (Å²) in [5, 5.41) is 17.0. The molecule has 1 aromatic heterocycles. The topological polar surface area (TPSA) is 134 Å². The van der Waals surface area contributed by atoms with E-state index in [1.165, 1.54) is 37.4 Å². The lowest BCUT2D eigenvalue weighted by Crippen LogP contribution is -2.35. The zero-order chi connectivity index (χ0) is 24.9. The minimum Gasteiger partial charge on any atom is -0.389 e. The third kappa shape index (κ3) is 6.53. The van der Waals surface area contributed by atoms with Gasteiger partial charge in [-0.15, -0.1) is 11.3 Å². The minimum atomic E-state index is -4.03. The average Bonchev–Trinajstić information content (AvgIpc) is 3.21. The van der Waals surface area contributed by atoms with E-state index < -0.39 is 28.0 Å². The molecule has 1 aliphatic carbocycles. The van der Waals surface area contributed by atoms with E-state index in [4.69, 9.17) is 10.6 Å². The molecule has 1 heterocycles. The Morgan fingerprint density at radius 1 is 1.32 bits per heavy atom. The highest BCUT2D eigenvalue weighted by atomic mass is 32.2. The molecule has 1 aromatic carbocycles. The van der Waals surface area contributed by atoms with Crippen LogP contribution in [0.5, 0.6) is 0 Å². The number of hydrogen-bond acceptors (Lipinski definition) is 8. The maximum absolute atomic E-state index is 13.1. The molecule has 0 aliphatic heterocycles. The summed E-state index contributed by atoms with van der Waals surface area (Å²) in [6.07, 6.45) is 3.30. The van der Waals surface area contributed by atoms with Crippen molar-refractivity contribution < 1.29 is 27.5 Å². The zero-order valence-electron chi connectivity index (χ0n) is 19.0. The van der Waals surface area contributed by atoms with Crippen LogP contribution in [0.3, 0.4) is 0 Å². The van der Waals surface area contributed by atoms with Gasteiger partial charge >= 0.3 is 6.09 Å². The molecule has 0 radical (unpaired) electrons. The van der Waals surface area contributed by atoms with Gasteiger partial charge in [0.25, 0.3) is 0 Å². The number of anilines is 1. The number of aliphatic hydroxyl groups is 1. The highest BCUT2D eigenvalue weighted by Crippen LogP contribution is 2.32. The molecule has 3 rings (SSSR count). The fraction of sp³-hybridized carbons (Fsp3) is 0.455. The van der Waals surface area contributed by atoms with Crippen LogP contribution in [0.1, 0.15) is 55.6 Å². The maximum atomic E-state index is 13.1. The lowest BCUT2D eigenvalue weighted by atomic mass is 9.96. The number of rotatable bonds is 8. The SMILES string of the molecule is CC(=NOC(=O)NC1CCCCC1)c1cc(S(=O)(=O)N(C)CC(O)c2ccc(F)cc2)c(N)s1. The van der Waals surface area contributed by atoms with Crippen LogP contribution < -0.4 is 11.1 Å². The number of carbonyl (C=O) groups is 1. The fourth-order valence-electron chi connectivity index (χ4n) is 3.66.